The molecular formula is C28H33FN8O4. The molecule has 3 N–H and O–H groups in total. The lowest BCUT2D eigenvalue weighted by molar-refractivity contribution is -0.143. The first-order valence-electron chi connectivity index (χ1n) is 13.6. The molecule has 0 saturated carbocycles. The Kier molecular flexibility index (Phi) is 9.14. The molecule has 2 aliphatic heterocycles. The molecule has 4 heterocycles. The number of nitrogens with two attached hydrogens (primary N) is 1. The van der Waals surface area contributed by atoms with Crippen molar-refractivity contribution in [2.45, 2.75) is 58.0 Å². The van der Waals surface area contributed by atoms with Gasteiger partial charge in [0.25, 0.3) is 0 Å². The number of hydrogen-bond donors (Lipinski definition) is 2. The van der Waals surface area contributed by atoms with Gasteiger partial charge in [0.15, 0.2) is 6.61 Å². The van der Waals surface area contributed by atoms with Crippen LogP contribution in [0.5, 0.6) is 0 Å². The number of nitrogens with zero attached hydrogens (tertiary/aromatic N) is 6. The summed E-state index contributed by atoms with van der Waals surface area (Å²) >= 11 is 0. The number of halogens is 1. The number of oxime groups is 1. The third kappa shape index (κ3) is 7.42. The van der Waals surface area contributed by atoms with Gasteiger partial charge in [-0.05, 0) is 25.3 Å². The van der Waals surface area contributed by atoms with Gasteiger partial charge in [-0.2, -0.15) is 5.10 Å². The van der Waals surface area contributed by atoms with Crippen LogP contribution < -0.4 is 10.6 Å². The Morgan fingerprint density at radius 2 is 1.98 bits per heavy atom. The van der Waals surface area contributed by atoms with Crippen LogP contribution in [0.2, 0.25) is 0 Å². The lowest BCUT2D eigenvalue weighted by Gasteiger charge is -2.27. The van der Waals surface area contributed by atoms with Crippen molar-refractivity contribution in [1.29, 1.82) is 5.41 Å². The minimum atomic E-state index is -0.687. The van der Waals surface area contributed by atoms with Crippen LogP contribution in [-0.2, 0) is 32.3 Å². The highest BCUT2D eigenvalue weighted by Crippen LogP contribution is 2.26. The second-order valence-corrected chi connectivity index (χ2v) is 9.94. The van der Waals surface area contributed by atoms with Gasteiger partial charge in [0.1, 0.15) is 36.6 Å². The van der Waals surface area contributed by atoms with Crippen molar-refractivity contribution in [3.8, 4) is 11.1 Å². The molecule has 2 aliphatic rings. The molecule has 2 saturated heterocycles. The quantitative estimate of drug-likeness (QED) is 0.162. The molecule has 0 radical (unpaired) electrons. The van der Waals surface area contributed by atoms with Crippen LogP contribution in [0.4, 0.5) is 10.3 Å². The number of piperidine rings is 1. The Bertz CT molecular complexity index is 1380. The summed E-state index contributed by atoms with van der Waals surface area (Å²) in [5.41, 5.74) is 8.00. The lowest BCUT2D eigenvalue weighted by atomic mass is 10.0. The van der Waals surface area contributed by atoms with E-state index in [1.54, 1.807) is 24.5 Å². The third-order valence-corrected chi connectivity index (χ3v) is 6.90. The fourth-order valence-corrected chi connectivity index (χ4v) is 4.70. The first kappa shape index (κ1) is 28.1. The molecule has 0 aliphatic carbocycles. The molecule has 1 atom stereocenters. The molecule has 0 amide bonds. The van der Waals surface area contributed by atoms with E-state index in [4.69, 9.17) is 25.5 Å². The summed E-state index contributed by atoms with van der Waals surface area (Å²) in [6.07, 6.45) is 9.40. The van der Waals surface area contributed by atoms with Crippen LogP contribution in [0.25, 0.3) is 11.1 Å². The van der Waals surface area contributed by atoms with Crippen molar-refractivity contribution in [2.75, 3.05) is 24.6 Å². The van der Waals surface area contributed by atoms with Crippen molar-refractivity contribution >= 4 is 23.5 Å². The number of anilines is 1. The van der Waals surface area contributed by atoms with Gasteiger partial charge in [0, 0.05) is 67.8 Å². The Labute approximate surface area is 236 Å². The van der Waals surface area contributed by atoms with Crippen LogP contribution in [0.1, 0.15) is 56.0 Å². The zero-order chi connectivity index (χ0) is 28.6. The van der Waals surface area contributed by atoms with Crippen molar-refractivity contribution in [3.05, 3.63) is 59.9 Å². The van der Waals surface area contributed by atoms with E-state index < -0.39 is 11.8 Å². The van der Waals surface area contributed by atoms with Gasteiger partial charge in [0.2, 0.25) is 5.95 Å². The fourth-order valence-electron chi connectivity index (χ4n) is 4.70. The van der Waals surface area contributed by atoms with Gasteiger partial charge in [-0.15, -0.1) is 0 Å². The van der Waals surface area contributed by atoms with Gasteiger partial charge >= 0.3 is 5.97 Å². The first-order chi connectivity index (χ1) is 20.0. The SMILES string of the molecule is N=C(N)CC(=O)OCc1cccc(-c2cnc(N3CCC(=NOCc4ccn(C5CCCCO5)n4)CC3)nc2)c1F. The number of ether oxygens (including phenoxy) is 2. The Balaban J connectivity index is 1.11. The number of carbonyl (C=O) groups is 1. The van der Waals surface area contributed by atoms with E-state index in [0.29, 0.717) is 49.6 Å². The number of rotatable bonds is 10. The topological polar surface area (TPSA) is 154 Å². The molecule has 41 heavy (non-hydrogen) atoms. The molecule has 1 unspecified atom stereocenters. The van der Waals surface area contributed by atoms with E-state index in [1.165, 1.54) is 6.07 Å². The van der Waals surface area contributed by atoms with Crippen LogP contribution >= 0.6 is 0 Å². The summed E-state index contributed by atoms with van der Waals surface area (Å²) in [5, 5.41) is 16.0. The molecule has 0 spiro atoms. The molecular weight excluding hydrogens is 531 g/mol. The van der Waals surface area contributed by atoms with Gasteiger partial charge in [0.05, 0.1) is 5.71 Å². The van der Waals surface area contributed by atoms with Crippen molar-refractivity contribution < 1.29 is 23.5 Å². The van der Waals surface area contributed by atoms with Crippen molar-refractivity contribution in [1.82, 2.24) is 19.7 Å². The van der Waals surface area contributed by atoms with E-state index in [1.807, 2.05) is 16.9 Å². The largest absolute Gasteiger partial charge is 0.460 e. The number of nitrogens with one attached hydrogen (secondary N) is 1. The number of esters is 1. The number of amidine groups is 1. The van der Waals surface area contributed by atoms with E-state index in [9.17, 15) is 4.79 Å². The van der Waals surface area contributed by atoms with Crippen molar-refractivity contribution in [3.63, 3.8) is 0 Å². The second kappa shape index (κ2) is 13.3. The van der Waals surface area contributed by atoms with Gasteiger partial charge < -0.3 is 24.9 Å². The fraction of sp³-hybridized carbons (Fsp3) is 0.429. The smallest absolute Gasteiger partial charge is 0.313 e. The first-order valence-corrected chi connectivity index (χ1v) is 13.6. The Hall–Kier alpha value is -4.39. The second-order valence-electron chi connectivity index (χ2n) is 9.94. The molecule has 13 heteroatoms. The van der Waals surface area contributed by atoms with Gasteiger partial charge in [-0.3, -0.25) is 10.2 Å². The monoisotopic (exact) mass is 564 g/mol. The van der Waals surface area contributed by atoms with E-state index in [2.05, 4.69) is 25.1 Å². The minimum Gasteiger partial charge on any atom is -0.460 e. The summed E-state index contributed by atoms with van der Waals surface area (Å²) in [5.74, 6) is -0.962. The zero-order valence-corrected chi connectivity index (χ0v) is 22.7. The van der Waals surface area contributed by atoms with Crippen LogP contribution in [0, 0.1) is 11.2 Å². The Morgan fingerprint density at radius 1 is 1.17 bits per heavy atom. The summed E-state index contributed by atoms with van der Waals surface area (Å²) in [7, 11) is 0. The normalized spacial score (nSPS) is 17.2. The summed E-state index contributed by atoms with van der Waals surface area (Å²) in [6.45, 7) is 2.18. The van der Waals surface area contributed by atoms with Gasteiger partial charge in [-0.1, -0.05) is 23.4 Å². The number of carbonyl (C=O) groups excluding carboxylic acids is 1. The van der Waals surface area contributed by atoms with Crippen LogP contribution in [-0.4, -0.2) is 57.0 Å². The zero-order valence-electron chi connectivity index (χ0n) is 22.7. The highest BCUT2D eigenvalue weighted by Gasteiger charge is 2.20. The van der Waals surface area contributed by atoms with E-state index in [-0.39, 0.29) is 30.7 Å². The predicted octanol–water partition coefficient (Wildman–Crippen LogP) is 3.72. The standard InChI is InChI=1S/C28H33FN8O4/c29-27-19(17-40-26(38)14-24(30)31)4-3-5-23(27)20-15-32-28(33-16-20)36-10-7-21(8-11-36)35-41-18-22-9-12-37(34-22)25-6-1-2-13-39-25/h3-5,9,12,15-16,25H,1-2,6-8,10-11,13-14,17-18H2,(H3,30,31). The maximum atomic E-state index is 15.1. The Morgan fingerprint density at radius 3 is 2.71 bits per heavy atom. The molecule has 3 aromatic rings. The minimum absolute atomic E-state index is 0.00418. The molecule has 1 aromatic carbocycles. The molecule has 2 fully saturated rings. The maximum absolute atomic E-state index is 15.1. The van der Waals surface area contributed by atoms with Crippen LogP contribution in [0.15, 0.2) is 48.0 Å². The van der Waals surface area contributed by atoms with Gasteiger partial charge in [-0.25, -0.2) is 19.0 Å². The third-order valence-electron chi connectivity index (χ3n) is 6.90. The lowest BCUT2D eigenvalue weighted by Crippen LogP contribution is -2.35. The average Bonchev–Trinajstić information content (AvgIpc) is 3.46. The van der Waals surface area contributed by atoms with Crippen LogP contribution in [0.3, 0.4) is 0 Å². The highest BCUT2D eigenvalue weighted by molar-refractivity contribution is 5.94. The molecule has 0 bridgehead atoms. The molecule has 2 aromatic heterocycles. The predicted molar refractivity (Wildman–Crippen MR) is 148 cm³/mol. The summed E-state index contributed by atoms with van der Waals surface area (Å²) in [4.78, 5) is 28.2. The highest BCUT2D eigenvalue weighted by atomic mass is 19.1. The molecule has 216 valence electrons. The number of benzene rings is 1. The van der Waals surface area contributed by atoms with E-state index >= 15 is 4.39 Å². The summed E-state index contributed by atoms with van der Waals surface area (Å²) in [6, 6.07) is 6.75. The van der Waals surface area contributed by atoms with Crippen molar-refractivity contribution in [2.24, 2.45) is 10.9 Å². The molecule has 12 nitrogen and oxygen atoms in total. The molecule has 5 rings (SSSR count). The maximum Gasteiger partial charge on any atom is 0.313 e. The van der Waals surface area contributed by atoms with E-state index in [0.717, 1.165) is 37.3 Å². The number of aromatic nitrogens is 4. The number of hydrogen-bond acceptors (Lipinski definition) is 10. The summed E-state index contributed by atoms with van der Waals surface area (Å²) < 4.78 is 27.8. The average molecular weight is 565 g/mol.